The number of hydrogen-bond donors (Lipinski definition) is 1. The van der Waals surface area contributed by atoms with Gasteiger partial charge in [-0.25, -0.2) is 0 Å². The number of ether oxygens (including phenoxy) is 3. The Kier molecular flexibility index (Phi) is 6.72. The Morgan fingerprint density at radius 2 is 1.83 bits per heavy atom. The van der Waals surface area contributed by atoms with E-state index in [1.54, 1.807) is 49.6 Å². The molecular formula is C17H18ClNO4. The maximum atomic E-state index is 11.9. The summed E-state index contributed by atoms with van der Waals surface area (Å²) in [4.78, 5) is 11.9. The normalized spacial score (nSPS) is 10.2. The summed E-state index contributed by atoms with van der Waals surface area (Å²) >= 11 is 5.79. The highest BCUT2D eigenvalue weighted by Gasteiger charge is 2.05. The van der Waals surface area contributed by atoms with Gasteiger partial charge in [0.2, 0.25) is 0 Å². The third-order valence-corrected chi connectivity index (χ3v) is 3.11. The van der Waals surface area contributed by atoms with Gasteiger partial charge in [0.15, 0.2) is 6.61 Å². The van der Waals surface area contributed by atoms with Crippen LogP contribution in [0.15, 0.2) is 48.5 Å². The number of anilines is 1. The molecule has 1 amide bonds. The van der Waals surface area contributed by atoms with Gasteiger partial charge in [-0.1, -0.05) is 17.7 Å². The van der Waals surface area contributed by atoms with Crippen LogP contribution < -0.4 is 14.8 Å². The number of methoxy groups -OCH3 is 1. The molecule has 122 valence electrons. The second-order valence-corrected chi connectivity index (χ2v) is 5.10. The van der Waals surface area contributed by atoms with E-state index in [4.69, 9.17) is 25.8 Å². The fourth-order valence-electron chi connectivity index (χ4n) is 1.78. The van der Waals surface area contributed by atoms with E-state index < -0.39 is 0 Å². The van der Waals surface area contributed by atoms with E-state index in [1.807, 2.05) is 6.07 Å². The molecule has 0 saturated heterocycles. The molecule has 0 aliphatic heterocycles. The second-order valence-electron chi connectivity index (χ2n) is 4.66. The maximum Gasteiger partial charge on any atom is 0.262 e. The van der Waals surface area contributed by atoms with Gasteiger partial charge in [-0.3, -0.25) is 4.79 Å². The van der Waals surface area contributed by atoms with E-state index in [0.717, 1.165) is 0 Å². The lowest BCUT2D eigenvalue weighted by molar-refractivity contribution is -0.118. The molecule has 2 aromatic carbocycles. The highest BCUT2D eigenvalue weighted by molar-refractivity contribution is 6.30. The number of rotatable bonds is 8. The van der Waals surface area contributed by atoms with Gasteiger partial charge in [0.1, 0.15) is 18.1 Å². The Balaban J connectivity index is 1.82. The molecule has 6 heteroatoms. The molecule has 0 atom stereocenters. The number of carbonyl (C=O) groups is 1. The molecule has 2 rings (SSSR count). The number of amides is 1. The van der Waals surface area contributed by atoms with Crippen LogP contribution >= 0.6 is 11.6 Å². The predicted molar refractivity (Wildman–Crippen MR) is 89.4 cm³/mol. The number of benzene rings is 2. The molecule has 23 heavy (non-hydrogen) atoms. The van der Waals surface area contributed by atoms with E-state index in [2.05, 4.69) is 5.32 Å². The molecule has 0 fully saturated rings. The standard InChI is InChI=1S/C17H18ClNO4/c1-21-9-10-22-16-4-2-3-14(11-16)19-17(20)12-23-15-7-5-13(18)6-8-15/h2-8,11H,9-10,12H2,1H3,(H,19,20). The first-order chi connectivity index (χ1) is 11.2. The van der Waals surface area contributed by atoms with E-state index in [0.29, 0.717) is 35.4 Å². The van der Waals surface area contributed by atoms with Crippen LogP contribution in [0.25, 0.3) is 0 Å². The monoisotopic (exact) mass is 335 g/mol. The van der Waals surface area contributed by atoms with Crippen molar-refractivity contribution in [1.82, 2.24) is 0 Å². The molecule has 0 unspecified atom stereocenters. The van der Waals surface area contributed by atoms with Gasteiger partial charge < -0.3 is 19.5 Å². The van der Waals surface area contributed by atoms with Crippen molar-refractivity contribution >= 4 is 23.2 Å². The molecule has 0 aromatic heterocycles. The Bertz CT molecular complexity index is 631. The summed E-state index contributed by atoms with van der Waals surface area (Å²) in [6.45, 7) is 0.871. The van der Waals surface area contributed by atoms with Gasteiger partial charge in [0.05, 0.1) is 6.61 Å². The Hall–Kier alpha value is -2.24. The summed E-state index contributed by atoms with van der Waals surface area (Å²) in [7, 11) is 1.61. The van der Waals surface area contributed by atoms with Crippen molar-refractivity contribution in [3.63, 3.8) is 0 Å². The van der Waals surface area contributed by atoms with Crippen LogP contribution in [0.4, 0.5) is 5.69 Å². The first-order valence-corrected chi connectivity index (χ1v) is 7.45. The molecule has 0 spiro atoms. The van der Waals surface area contributed by atoms with Crippen LogP contribution in [-0.4, -0.2) is 32.8 Å². The molecule has 0 aliphatic rings. The van der Waals surface area contributed by atoms with Crippen molar-refractivity contribution < 1.29 is 19.0 Å². The minimum absolute atomic E-state index is 0.0869. The van der Waals surface area contributed by atoms with Crippen molar-refractivity contribution in [2.24, 2.45) is 0 Å². The lowest BCUT2D eigenvalue weighted by atomic mass is 10.3. The molecule has 1 N–H and O–H groups in total. The topological polar surface area (TPSA) is 56.8 Å². The molecular weight excluding hydrogens is 318 g/mol. The summed E-state index contributed by atoms with van der Waals surface area (Å²) in [6, 6.07) is 14.0. The lowest BCUT2D eigenvalue weighted by Gasteiger charge is -2.10. The van der Waals surface area contributed by atoms with Crippen LogP contribution in [0.3, 0.4) is 0 Å². The summed E-state index contributed by atoms with van der Waals surface area (Å²) in [5, 5.41) is 3.37. The van der Waals surface area contributed by atoms with Crippen LogP contribution in [-0.2, 0) is 9.53 Å². The molecule has 0 aliphatic carbocycles. The molecule has 2 aromatic rings. The van der Waals surface area contributed by atoms with Crippen molar-refractivity contribution in [2.45, 2.75) is 0 Å². The average molecular weight is 336 g/mol. The van der Waals surface area contributed by atoms with Gasteiger partial charge in [-0.05, 0) is 36.4 Å². The van der Waals surface area contributed by atoms with Crippen molar-refractivity contribution in [1.29, 1.82) is 0 Å². The zero-order valence-electron chi connectivity index (χ0n) is 12.8. The Morgan fingerprint density at radius 3 is 2.57 bits per heavy atom. The van der Waals surface area contributed by atoms with E-state index in [9.17, 15) is 4.79 Å². The Labute approximate surface area is 140 Å². The number of nitrogens with one attached hydrogen (secondary N) is 1. The molecule has 0 saturated carbocycles. The molecule has 0 heterocycles. The number of hydrogen-bond acceptors (Lipinski definition) is 4. The van der Waals surface area contributed by atoms with Crippen LogP contribution in [0, 0.1) is 0 Å². The molecule has 5 nitrogen and oxygen atoms in total. The minimum atomic E-state index is -0.256. The molecule has 0 radical (unpaired) electrons. The largest absolute Gasteiger partial charge is 0.491 e. The first kappa shape index (κ1) is 17.1. The second kappa shape index (κ2) is 9.02. The summed E-state index contributed by atoms with van der Waals surface area (Å²) in [5.74, 6) is 0.994. The lowest BCUT2D eigenvalue weighted by Crippen LogP contribution is -2.20. The van der Waals surface area contributed by atoms with Crippen molar-refractivity contribution in [3.8, 4) is 11.5 Å². The fraction of sp³-hybridized carbons (Fsp3) is 0.235. The maximum absolute atomic E-state index is 11.9. The van der Waals surface area contributed by atoms with E-state index in [-0.39, 0.29) is 12.5 Å². The van der Waals surface area contributed by atoms with Crippen molar-refractivity contribution in [3.05, 3.63) is 53.6 Å². The van der Waals surface area contributed by atoms with E-state index >= 15 is 0 Å². The predicted octanol–water partition coefficient (Wildman–Crippen LogP) is 3.38. The van der Waals surface area contributed by atoms with Crippen LogP contribution in [0.5, 0.6) is 11.5 Å². The van der Waals surface area contributed by atoms with Crippen molar-refractivity contribution in [2.75, 3.05) is 32.2 Å². The van der Waals surface area contributed by atoms with Gasteiger partial charge in [0, 0.05) is 23.9 Å². The zero-order valence-corrected chi connectivity index (χ0v) is 13.5. The summed E-state index contributed by atoms with van der Waals surface area (Å²) in [6.07, 6.45) is 0. The van der Waals surface area contributed by atoms with Crippen LogP contribution in [0.1, 0.15) is 0 Å². The third-order valence-electron chi connectivity index (χ3n) is 2.86. The summed E-state index contributed by atoms with van der Waals surface area (Å²) < 4.78 is 15.8. The fourth-order valence-corrected chi connectivity index (χ4v) is 1.91. The SMILES string of the molecule is COCCOc1cccc(NC(=O)COc2ccc(Cl)cc2)c1. The molecule has 0 bridgehead atoms. The first-order valence-electron chi connectivity index (χ1n) is 7.07. The quantitative estimate of drug-likeness (QED) is 0.751. The Morgan fingerprint density at radius 1 is 1.04 bits per heavy atom. The zero-order chi connectivity index (χ0) is 16.5. The summed E-state index contributed by atoms with van der Waals surface area (Å²) in [5.41, 5.74) is 0.643. The number of carbonyl (C=O) groups excluding carboxylic acids is 1. The van der Waals surface area contributed by atoms with Crippen LogP contribution in [0.2, 0.25) is 5.02 Å². The van der Waals surface area contributed by atoms with Gasteiger partial charge in [-0.15, -0.1) is 0 Å². The van der Waals surface area contributed by atoms with Gasteiger partial charge >= 0.3 is 0 Å². The smallest absolute Gasteiger partial charge is 0.262 e. The number of halogens is 1. The van der Waals surface area contributed by atoms with Gasteiger partial charge in [-0.2, -0.15) is 0 Å². The highest BCUT2D eigenvalue weighted by atomic mass is 35.5. The third kappa shape index (κ3) is 6.18. The highest BCUT2D eigenvalue weighted by Crippen LogP contribution is 2.18. The minimum Gasteiger partial charge on any atom is -0.491 e. The average Bonchev–Trinajstić information content (AvgIpc) is 2.55. The van der Waals surface area contributed by atoms with E-state index in [1.165, 1.54) is 0 Å². The van der Waals surface area contributed by atoms with Gasteiger partial charge in [0.25, 0.3) is 5.91 Å².